The number of nitrogens with zero attached hydrogens (tertiary/aromatic N) is 3. The second kappa shape index (κ2) is 7.79. The molecule has 4 heteroatoms. The van der Waals surface area contributed by atoms with Gasteiger partial charge in [0, 0.05) is 31.5 Å². The third kappa shape index (κ3) is 4.32. The van der Waals surface area contributed by atoms with Gasteiger partial charge >= 0.3 is 0 Å². The van der Waals surface area contributed by atoms with Crippen LogP contribution in [0.15, 0.2) is 12.4 Å². The van der Waals surface area contributed by atoms with E-state index in [2.05, 4.69) is 46.7 Å². The van der Waals surface area contributed by atoms with E-state index in [1.807, 2.05) is 6.20 Å². The molecule has 1 atom stereocenters. The molecule has 20 heavy (non-hydrogen) atoms. The predicted octanol–water partition coefficient (Wildman–Crippen LogP) is 2.29. The summed E-state index contributed by atoms with van der Waals surface area (Å²) in [6, 6.07) is 0.674. The van der Waals surface area contributed by atoms with Crippen molar-refractivity contribution >= 4 is 0 Å². The number of hydrogen-bond donors (Lipinski definition) is 1. The van der Waals surface area contributed by atoms with Gasteiger partial charge in [0.2, 0.25) is 0 Å². The number of rotatable bonds is 7. The van der Waals surface area contributed by atoms with E-state index in [0.717, 1.165) is 31.4 Å². The van der Waals surface area contributed by atoms with Crippen LogP contribution in [0, 0.1) is 12.8 Å². The van der Waals surface area contributed by atoms with Crippen LogP contribution in [0.4, 0.5) is 0 Å². The van der Waals surface area contributed by atoms with Crippen molar-refractivity contribution in [2.45, 2.75) is 52.6 Å². The average Bonchev–Trinajstić information content (AvgIpc) is 2.88. The smallest absolute Gasteiger partial charge is 0.105 e. The molecular formula is C16H30N4. The van der Waals surface area contributed by atoms with E-state index in [4.69, 9.17) is 0 Å². The Morgan fingerprint density at radius 3 is 2.70 bits per heavy atom. The largest absolute Gasteiger partial charge is 0.334 e. The normalized spacial score (nSPS) is 19.4. The van der Waals surface area contributed by atoms with Crippen LogP contribution in [0.5, 0.6) is 0 Å². The maximum absolute atomic E-state index is 4.28. The first-order valence-electron chi connectivity index (χ1n) is 8.14. The fourth-order valence-electron chi connectivity index (χ4n) is 3.10. The lowest BCUT2D eigenvalue weighted by Gasteiger charge is -2.35. The van der Waals surface area contributed by atoms with E-state index in [0.29, 0.717) is 6.04 Å². The molecule has 1 saturated heterocycles. The minimum atomic E-state index is 0.674. The van der Waals surface area contributed by atoms with Crippen LogP contribution in [0.2, 0.25) is 0 Å². The number of aromatic nitrogens is 2. The molecular weight excluding hydrogens is 248 g/mol. The molecule has 1 aromatic heterocycles. The van der Waals surface area contributed by atoms with Crippen LogP contribution in [-0.2, 0) is 6.54 Å². The Labute approximate surface area is 123 Å². The Balaban J connectivity index is 1.68. The number of imidazole rings is 1. The van der Waals surface area contributed by atoms with Gasteiger partial charge in [0.25, 0.3) is 0 Å². The van der Waals surface area contributed by atoms with Crippen molar-refractivity contribution in [3.63, 3.8) is 0 Å². The standard InChI is InChI=1S/C16H30N4/c1-4-7-17-14(2)16-5-9-19(10-6-16)12-13-20-11-8-18-15(20)3/h8,11,14,16-17H,4-7,9-10,12-13H2,1-3H3. The molecule has 4 nitrogen and oxygen atoms in total. The Morgan fingerprint density at radius 2 is 2.10 bits per heavy atom. The zero-order valence-electron chi connectivity index (χ0n) is 13.3. The highest BCUT2D eigenvalue weighted by Gasteiger charge is 2.23. The third-order valence-electron chi connectivity index (χ3n) is 4.64. The van der Waals surface area contributed by atoms with Gasteiger partial charge in [-0.3, -0.25) is 0 Å². The van der Waals surface area contributed by atoms with Gasteiger partial charge in [-0.2, -0.15) is 0 Å². The minimum absolute atomic E-state index is 0.674. The van der Waals surface area contributed by atoms with Gasteiger partial charge in [-0.25, -0.2) is 4.98 Å². The van der Waals surface area contributed by atoms with Gasteiger partial charge in [0.15, 0.2) is 0 Å². The number of hydrogen-bond acceptors (Lipinski definition) is 3. The third-order valence-corrected chi connectivity index (χ3v) is 4.64. The SMILES string of the molecule is CCCNC(C)C1CCN(CCn2ccnc2C)CC1. The summed E-state index contributed by atoms with van der Waals surface area (Å²) >= 11 is 0. The zero-order valence-corrected chi connectivity index (χ0v) is 13.3. The Kier molecular flexibility index (Phi) is 6.05. The van der Waals surface area contributed by atoms with Crippen molar-refractivity contribution in [2.75, 3.05) is 26.2 Å². The molecule has 1 aliphatic heterocycles. The molecule has 0 aromatic carbocycles. The lowest BCUT2D eigenvalue weighted by atomic mass is 9.90. The molecule has 0 aliphatic carbocycles. The molecule has 1 aromatic rings. The number of aryl methyl sites for hydroxylation is 1. The fraction of sp³-hybridized carbons (Fsp3) is 0.812. The molecule has 114 valence electrons. The lowest BCUT2D eigenvalue weighted by molar-refractivity contribution is 0.158. The van der Waals surface area contributed by atoms with Crippen molar-refractivity contribution < 1.29 is 0 Å². The number of nitrogens with one attached hydrogen (secondary N) is 1. The second-order valence-electron chi connectivity index (χ2n) is 6.09. The molecule has 2 rings (SSSR count). The summed E-state index contributed by atoms with van der Waals surface area (Å²) in [5.74, 6) is 1.98. The maximum atomic E-state index is 4.28. The fourth-order valence-corrected chi connectivity index (χ4v) is 3.10. The first-order chi connectivity index (χ1) is 9.70. The van der Waals surface area contributed by atoms with Crippen LogP contribution >= 0.6 is 0 Å². The first kappa shape index (κ1) is 15.5. The molecule has 0 amide bonds. The van der Waals surface area contributed by atoms with Crippen molar-refractivity contribution in [3.8, 4) is 0 Å². The van der Waals surface area contributed by atoms with Crippen molar-refractivity contribution in [2.24, 2.45) is 5.92 Å². The Morgan fingerprint density at radius 1 is 1.35 bits per heavy atom. The molecule has 1 N–H and O–H groups in total. The molecule has 1 fully saturated rings. The predicted molar refractivity (Wildman–Crippen MR) is 83.9 cm³/mol. The highest BCUT2D eigenvalue weighted by Crippen LogP contribution is 2.20. The van der Waals surface area contributed by atoms with E-state index in [1.165, 1.54) is 32.4 Å². The highest BCUT2D eigenvalue weighted by molar-refractivity contribution is 4.88. The molecule has 0 saturated carbocycles. The minimum Gasteiger partial charge on any atom is -0.334 e. The van der Waals surface area contributed by atoms with Gasteiger partial charge in [0.1, 0.15) is 5.82 Å². The quantitative estimate of drug-likeness (QED) is 0.831. The number of piperidine rings is 1. The van der Waals surface area contributed by atoms with Crippen molar-refractivity contribution in [1.29, 1.82) is 0 Å². The summed E-state index contributed by atoms with van der Waals surface area (Å²) in [5.41, 5.74) is 0. The van der Waals surface area contributed by atoms with E-state index in [-0.39, 0.29) is 0 Å². The van der Waals surface area contributed by atoms with Gasteiger partial charge in [-0.1, -0.05) is 6.92 Å². The van der Waals surface area contributed by atoms with Crippen LogP contribution < -0.4 is 5.32 Å². The monoisotopic (exact) mass is 278 g/mol. The van der Waals surface area contributed by atoms with Crippen LogP contribution in [0.1, 0.15) is 38.9 Å². The van der Waals surface area contributed by atoms with Gasteiger partial charge in [-0.15, -0.1) is 0 Å². The summed E-state index contributed by atoms with van der Waals surface area (Å²) in [7, 11) is 0. The summed E-state index contributed by atoms with van der Waals surface area (Å²) in [6.07, 6.45) is 7.87. The Hall–Kier alpha value is -0.870. The highest BCUT2D eigenvalue weighted by atomic mass is 15.2. The summed E-state index contributed by atoms with van der Waals surface area (Å²) < 4.78 is 2.25. The van der Waals surface area contributed by atoms with E-state index in [9.17, 15) is 0 Å². The van der Waals surface area contributed by atoms with Crippen LogP contribution in [-0.4, -0.2) is 46.7 Å². The zero-order chi connectivity index (χ0) is 14.4. The van der Waals surface area contributed by atoms with E-state index in [1.54, 1.807) is 0 Å². The summed E-state index contributed by atoms with van der Waals surface area (Å²) in [6.45, 7) is 12.5. The van der Waals surface area contributed by atoms with Gasteiger partial charge < -0.3 is 14.8 Å². The molecule has 1 aliphatic rings. The van der Waals surface area contributed by atoms with E-state index < -0.39 is 0 Å². The topological polar surface area (TPSA) is 33.1 Å². The second-order valence-corrected chi connectivity index (χ2v) is 6.09. The van der Waals surface area contributed by atoms with Crippen molar-refractivity contribution in [3.05, 3.63) is 18.2 Å². The molecule has 2 heterocycles. The molecule has 1 unspecified atom stereocenters. The van der Waals surface area contributed by atoms with Crippen LogP contribution in [0.3, 0.4) is 0 Å². The number of likely N-dealkylation sites (tertiary alicyclic amines) is 1. The van der Waals surface area contributed by atoms with Gasteiger partial charge in [-0.05, 0) is 58.7 Å². The van der Waals surface area contributed by atoms with E-state index >= 15 is 0 Å². The average molecular weight is 278 g/mol. The maximum Gasteiger partial charge on any atom is 0.105 e. The molecule has 0 bridgehead atoms. The molecule has 0 spiro atoms. The Bertz CT molecular complexity index is 380. The lowest BCUT2D eigenvalue weighted by Crippen LogP contribution is -2.43. The first-order valence-corrected chi connectivity index (χ1v) is 8.14. The van der Waals surface area contributed by atoms with Crippen molar-refractivity contribution in [1.82, 2.24) is 19.8 Å². The van der Waals surface area contributed by atoms with Gasteiger partial charge in [0.05, 0.1) is 0 Å². The summed E-state index contributed by atoms with van der Waals surface area (Å²) in [4.78, 5) is 6.88. The van der Waals surface area contributed by atoms with Crippen LogP contribution in [0.25, 0.3) is 0 Å². The molecule has 0 radical (unpaired) electrons. The summed E-state index contributed by atoms with van der Waals surface area (Å²) in [5, 5.41) is 3.65.